The summed E-state index contributed by atoms with van der Waals surface area (Å²) in [7, 11) is 2.11. The summed E-state index contributed by atoms with van der Waals surface area (Å²) in [6, 6.07) is 6.08. The van der Waals surface area contributed by atoms with Crippen LogP contribution >= 0.6 is 23.4 Å². The molecule has 0 saturated heterocycles. The molecule has 3 heteroatoms. The molecule has 0 fully saturated rings. The summed E-state index contributed by atoms with van der Waals surface area (Å²) in [5.74, 6) is 1.17. The number of nitrogens with zero attached hydrogens (tertiary/aromatic N) is 1. The zero-order valence-electron chi connectivity index (χ0n) is 6.88. The first-order valence-corrected chi connectivity index (χ1v) is 5.27. The van der Waals surface area contributed by atoms with E-state index in [-0.39, 0.29) is 0 Å². The average molecular weight is 200 g/mol. The van der Waals surface area contributed by atoms with E-state index < -0.39 is 0 Å². The molecule has 2 rings (SSSR count). The fourth-order valence-corrected chi connectivity index (χ4v) is 2.60. The fourth-order valence-electron chi connectivity index (χ4n) is 1.32. The van der Waals surface area contributed by atoms with Gasteiger partial charge in [-0.3, -0.25) is 0 Å². The number of hydrogen-bond donors (Lipinski definition) is 0. The topological polar surface area (TPSA) is 3.24 Å². The molecule has 0 amide bonds. The maximum absolute atomic E-state index is 5.91. The summed E-state index contributed by atoms with van der Waals surface area (Å²) in [6.45, 7) is 1.11. The van der Waals surface area contributed by atoms with Crippen molar-refractivity contribution in [1.82, 2.24) is 0 Å². The molecule has 0 bridgehead atoms. The van der Waals surface area contributed by atoms with Gasteiger partial charge in [0.25, 0.3) is 0 Å². The Balaban J connectivity index is 2.47. The highest BCUT2D eigenvalue weighted by Crippen LogP contribution is 2.35. The molecule has 0 aromatic heterocycles. The number of thioether (sulfide) groups is 1. The number of rotatable bonds is 0. The summed E-state index contributed by atoms with van der Waals surface area (Å²) in [4.78, 5) is 3.59. The van der Waals surface area contributed by atoms with Crippen LogP contribution in [0.3, 0.4) is 0 Å². The van der Waals surface area contributed by atoms with Crippen LogP contribution in [0.25, 0.3) is 0 Å². The predicted octanol–water partition coefficient (Wildman–Crippen LogP) is 2.88. The van der Waals surface area contributed by atoms with Gasteiger partial charge in [-0.05, 0) is 18.2 Å². The lowest BCUT2D eigenvalue weighted by Gasteiger charge is -2.26. The highest BCUT2D eigenvalue weighted by atomic mass is 35.5. The minimum absolute atomic E-state index is 0.822. The Morgan fingerprint density at radius 3 is 3.17 bits per heavy atom. The van der Waals surface area contributed by atoms with E-state index >= 15 is 0 Å². The molecule has 1 aliphatic rings. The van der Waals surface area contributed by atoms with Crippen molar-refractivity contribution in [3.05, 3.63) is 23.2 Å². The van der Waals surface area contributed by atoms with Crippen molar-refractivity contribution in [1.29, 1.82) is 0 Å². The Kier molecular flexibility index (Phi) is 2.20. The van der Waals surface area contributed by atoms with Crippen LogP contribution in [0, 0.1) is 0 Å². The number of hydrogen-bond acceptors (Lipinski definition) is 2. The van der Waals surface area contributed by atoms with Crippen molar-refractivity contribution in [2.75, 3.05) is 24.2 Å². The van der Waals surface area contributed by atoms with Gasteiger partial charge >= 0.3 is 0 Å². The molecule has 0 N–H and O–H groups in total. The largest absolute Gasteiger partial charge is 0.373 e. The monoisotopic (exact) mass is 199 g/mol. The van der Waals surface area contributed by atoms with Gasteiger partial charge in [-0.25, -0.2) is 0 Å². The molecule has 1 aromatic carbocycles. The van der Waals surface area contributed by atoms with Gasteiger partial charge in [-0.1, -0.05) is 11.6 Å². The molecule has 1 nitrogen and oxygen atoms in total. The van der Waals surface area contributed by atoms with E-state index in [0.717, 1.165) is 11.6 Å². The third-order valence-electron chi connectivity index (χ3n) is 2.02. The van der Waals surface area contributed by atoms with Crippen molar-refractivity contribution in [2.45, 2.75) is 4.90 Å². The summed E-state index contributed by atoms with van der Waals surface area (Å²) in [6.07, 6.45) is 0. The molecule has 0 atom stereocenters. The van der Waals surface area contributed by atoms with E-state index in [4.69, 9.17) is 11.6 Å². The Morgan fingerprint density at radius 2 is 2.33 bits per heavy atom. The lowest BCUT2D eigenvalue weighted by molar-refractivity contribution is 0.944. The Morgan fingerprint density at radius 1 is 1.50 bits per heavy atom. The highest BCUT2D eigenvalue weighted by molar-refractivity contribution is 7.99. The summed E-state index contributed by atoms with van der Waals surface area (Å²) < 4.78 is 0. The number of fused-ring (bicyclic) bond motifs is 1. The average Bonchev–Trinajstić information content (AvgIpc) is 2.07. The first-order valence-electron chi connectivity index (χ1n) is 3.91. The van der Waals surface area contributed by atoms with Crippen LogP contribution < -0.4 is 4.90 Å². The zero-order valence-corrected chi connectivity index (χ0v) is 8.45. The smallest absolute Gasteiger partial charge is 0.0517 e. The third-order valence-corrected chi connectivity index (χ3v) is 3.29. The highest BCUT2D eigenvalue weighted by Gasteiger charge is 2.13. The van der Waals surface area contributed by atoms with E-state index in [9.17, 15) is 0 Å². The van der Waals surface area contributed by atoms with Gasteiger partial charge in [0.2, 0.25) is 0 Å². The predicted molar refractivity (Wildman–Crippen MR) is 55.4 cm³/mol. The van der Waals surface area contributed by atoms with Crippen LogP contribution in [0.1, 0.15) is 0 Å². The fraction of sp³-hybridized carbons (Fsp3) is 0.333. The zero-order chi connectivity index (χ0) is 8.55. The summed E-state index contributed by atoms with van der Waals surface area (Å²) in [5, 5.41) is 0.822. The van der Waals surface area contributed by atoms with Gasteiger partial charge in [0.15, 0.2) is 0 Å². The summed E-state index contributed by atoms with van der Waals surface area (Å²) >= 11 is 7.81. The molecule has 0 unspecified atom stereocenters. The molecule has 1 aromatic rings. The van der Waals surface area contributed by atoms with Gasteiger partial charge < -0.3 is 4.90 Å². The van der Waals surface area contributed by atoms with E-state index in [1.165, 1.54) is 16.3 Å². The molecular weight excluding hydrogens is 190 g/mol. The maximum Gasteiger partial charge on any atom is 0.0517 e. The van der Waals surface area contributed by atoms with Gasteiger partial charge in [0.05, 0.1) is 5.69 Å². The van der Waals surface area contributed by atoms with Gasteiger partial charge in [0, 0.05) is 29.3 Å². The van der Waals surface area contributed by atoms with Gasteiger partial charge in [-0.2, -0.15) is 0 Å². The van der Waals surface area contributed by atoms with Crippen LogP contribution in [0.15, 0.2) is 23.1 Å². The Bertz CT molecular complexity index is 301. The second-order valence-corrected chi connectivity index (χ2v) is 4.46. The molecule has 12 heavy (non-hydrogen) atoms. The molecule has 64 valence electrons. The lowest BCUT2D eigenvalue weighted by Crippen LogP contribution is -2.23. The van der Waals surface area contributed by atoms with Crippen LogP contribution in [0.4, 0.5) is 5.69 Å². The van der Waals surface area contributed by atoms with E-state index in [1.807, 2.05) is 23.9 Å². The Hall–Kier alpha value is -0.340. The number of anilines is 1. The second-order valence-electron chi connectivity index (χ2n) is 2.88. The molecule has 0 spiro atoms. The van der Waals surface area contributed by atoms with Crippen LogP contribution in [0.2, 0.25) is 5.02 Å². The van der Waals surface area contributed by atoms with E-state index in [2.05, 4.69) is 18.0 Å². The van der Waals surface area contributed by atoms with E-state index in [0.29, 0.717) is 0 Å². The first-order chi connectivity index (χ1) is 5.77. The maximum atomic E-state index is 5.91. The molecule has 1 heterocycles. The van der Waals surface area contributed by atoms with Crippen molar-refractivity contribution >= 4 is 29.1 Å². The van der Waals surface area contributed by atoms with Crippen molar-refractivity contribution in [2.24, 2.45) is 0 Å². The third kappa shape index (κ3) is 1.41. The second kappa shape index (κ2) is 3.19. The van der Waals surface area contributed by atoms with Crippen molar-refractivity contribution < 1.29 is 0 Å². The van der Waals surface area contributed by atoms with Crippen LogP contribution in [0.5, 0.6) is 0 Å². The van der Waals surface area contributed by atoms with Gasteiger partial charge in [0.1, 0.15) is 0 Å². The number of halogens is 1. The molecule has 0 saturated carbocycles. The summed E-state index contributed by atoms with van der Waals surface area (Å²) in [5.41, 5.74) is 1.26. The minimum Gasteiger partial charge on any atom is -0.373 e. The molecular formula is C9H10ClNS. The molecule has 0 aliphatic carbocycles. The van der Waals surface area contributed by atoms with E-state index in [1.54, 1.807) is 0 Å². The molecule has 0 radical (unpaired) electrons. The molecule has 1 aliphatic heterocycles. The Labute approximate surface area is 81.7 Å². The van der Waals surface area contributed by atoms with Crippen LogP contribution in [-0.2, 0) is 0 Å². The van der Waals surface area contributed by atoms with Crippen molar-refractivity contribution in [3.63, 3.8) is 0 Å². The minimum atomic E-state index is 0.822. The van der Waals surface area contributed by atoms with Crippen LogP contribution in [-0.4, -0.2) is 19.3 Å². The lowest BCUT2D eigenvalue weighted by atomic mass is 10.3. The first kappa shape index (κ1) is 8.27. The standard InChI is InChI=1S/C9H10ClNS/c1-11-4-5-12-9-3-2-7(10)6-8(9)11/h2-3,6H,4-5H2,1H3. The van der Waals surface area contributed by atoms with Gasteiger partial charge in [-0.15, -0.1) is 11.8 Å². The SMILES string of the molecule is CN1CCSc2ccc(Cl)cc21. The number of benzene rings is 1. The normalized spacial score (nSPS) is 16.0. The quantitative estimate of drug-likeness (QED) is 0.632. The van der Waals surface area contributed by atoms with Crippen molar-refractivity contribution in [3.8, 4) is 0 Å².